The summed E-state index contributed by atoms with van der Waals surface area (Å²) in [6, 6.07) is -0.936. The van der Waals surface area contributed by atoms with Gasteiger partial charge in [-0.25, -0.2) is 4.18 Å². The number of aliphatic hydroxyl groups excluding tert-OH is 4. The Hall–Kier alpha value is -1.16. The van der Waals surface area contributed by atoms with E-state index in [4.69, 9.17) is 14.0 Å². The van der Waals surface area contributed by atoms with E-state index in [-0.39, 0.29) is 18.9 Å². The molecule has 13 heteroatoms. The van der Waals surface area contributed by atoms with Gasteiger partial charge in [-0.1, -0.05) is 180 Å². The maximum Gasteiger partial charge on any atom is 0.397 e. The van der Waals surface area contributed by atoms with Crippen LogP contribution in [-0.4, -0.2) is 95.4 Å². The quantitative estimate of drug-likeness (QED) is 0.0203. The topological polar surface area (TPSA) is 192 Å². The van der Waals surface area contributed by atoms with Gasteiger partial charge in [-0.15, -0.1) is 0 Å². The molecule has 0 aromatic heterocycles. The molecule has 1 fully saturated rings. The number of ether oxygens (including phenoxy) is 2. The predicted octanol–water partition coefficient (Wildman–Crippen LogP) is 7.99. The Kier molecular flexibility index (Phi) is 31.8. The molecular formula is C42H81NO11S. The number of carbonyl (C=O) groups is 1. The second-order valence-corrected chi connectivity index (χ2v) is 16.7. The number of hydrogen-bond donors (Lipinski definition) is 6. The van der Waals surface area contributed by atoms with Crippen molar-refractivity contribution in [2.75, 3.05) is 13.2 Å². The second-order valence-electron chi connectivity index (χ2n) is 15.6. The Bertz CT molecular complexity index is 1050. The number of amides is 1. The molecule has 1 aliphatic heterocycles. The third-order valence-corrected chi connectivity index (χ3v) is 11.0. The van der Waals surface area contributed by atoms with Gasteiger partial charge in [0.05, 0.1) is 25.4 Å². The summed E-state index contributed by atoms with van der Waals surface area (Å²) in [5.41, 5.74) is 0. The molecule has 1 aliphatic rings. The van der Waals surface area contributed by atoms with Crippen LogP contribution in [0.15, 0.2) is 12.2 Å². The van der Waals surface area contributed by atoms with E-state index in [1.807, 2.05) is 6.08 Å². The van der Waals surface area contributed by atoms with Crippen LogP contribution in [0.3, 0.4) is 0 Å². The zero-order valence-electron chi connectivity index (χ0n) is 34.5. The molecule has 1 saturated heterocycles. The molecule has 1 amide bonds. The van der Waals surface area contributed by atoms with E-state index in [0.717, 1.165) is 38.5 Å². The summed E-state index contributed by atoms with van der Waals surface area (Å²) < 4.78 is 47.5. The number of aliphatic hydroxyl groups is 4. The van der Waals surface area contributed by atoms with E-state index in [1.54, 1.807) is 6.08 Å². The van der Waals surface area contributed by atoms with Crippen LogP contribution in [0.4, 0.5) is 0 Å². The summed E-state index contributed by atoms with van der Waals surface area (Å²) in [5, 5.41) is 44.6. The lowest BCUT2D eigenvalue weighted by atomic mass is 9.99. The highest BCUT2D eigenvalue weighted by Gasteiger charge is 2.48. The van der Waals surface area contributed by atoms with Gasteiger partial charge in [0.1, 0.15) is 24.4 Å². The molecule has 0 aliphatic carbocycles. The van der Waals surface area contributed by atoms with Gasteiger partial charge in [-0.3, -0.25) is 9.35 Å². The van der Waals surface area contributed by atoms with E-state index in [9.17, 15) is 33.6 Å². The van der Waals surface area contributed by atoms with Crippen molar-refractivity contribution in [2.24, 2.45) is 0 Å². The molecule has 12 nitrogen and oxygen atoms in total. The van der Waals surface area contributed by atoms with Gasteiger partial charge in [0.25, 0.3) is 0 Å². The monoisotopic (exact) mass is 808 g/mol. The summed E-state index contributed by atoms with van der Waals surface area (Å²) in [7, 11) is -5.08. The van der Waals surface area contributed by atoms with Crippen LogP contribution >= 0.6 is 0 Å². The zero-order chi connectivity index (χ0) is 40.6. The Labute approximate surface area is 334 Å². The number of rotatable bonds is 37. The molecule has 0 radical (unpaired) electrons. The fraction of sp³-hybridized carbons (Fsp3) is 0.929. The van der Waals surface area contributed by atoms with Crippen LogP contribution in [0.1, 0.15) is 194 Å². The molecule has 0 bridgehead atoms. The van der Waals surface area contributed by atoms with Crippen molar-refractivity contribution in [3.63, 3.8) is 0 Å². The Morgan fingerprint density at radius 2 is 1.15 bits per heavy atom. The average molecular weight is 808 g/mol. The number of hydrogen-bond acceptors (Lipinski definition) is 10. The van der Waals surface area contributed by atoms with Gasteiger partial charge in [-0.2, -0.15) is 8.42 Å². The molecule has 0 aromatic carbocycles. The van der Waals surface area contributed by atoms with Gasteiger partial charge in [0, 0.05) is 6.42 Å². The first kappa shape index (κ1) is 51.9. The Balaban J connectivity index is 2.55. The van der Waals surface area contributed by atoms with Crippen molar-refractivity contribution in [3.05, 3.63) is 12.2 Å². The van der Waals surface area contributed by atoms with E-state index < -0.39 is 59.9 Å². The summed E-state index contributed by atoms with van der Waals surface area (Å²) in [6.45, 7) is 3.37. The molecule has 1 rings (SSSR count). The first-order valence-corrected chi connectivity index (χ1v) is 23.4. The molecule has 0 saturated carbocycles. The molecule has 7 atom stereocenters. The van der Waals surface area contributed by atoms with Crippen molar-refractivity contribution >= 4 is 16.3 Å². The first-order valence-electron chi connectivity index (χ1n) is 22.1. The highest BCUT2D eigenvalue weighted by Crippen LogP contribution is 2.26. The maximum atomic E-state index is 13.0. The maximum absolute atomic E-state index is 13.0. The predicted molar refractivity (Wildman–Crippen MR) is 218 cm³/mol. The fourth-order valence-corrected chi connectivity index (χ4v) is 7.61. The van der Waals surface area contributed by atoms with E-state index in [2.05, 4.69) is 23.3 Å². The molecule has 2 unspecified atom stereocenters. The number of unbranched alkanes of at least 4 members (excludes halogenated alkanes) is 25. The van der Waals surface area contributed by atoms with E-state index in [0.29, 0.717) is 6.42 Å². The van der Waals surface area contributed by atoms with Gasteiger partial charge >= 0.3 is 10.4 Å². The Morgan fingerprint density at radius 1 is 0.709 bits per heavy atom. The van der Waals surface area contributed by atoms with Gasteiger partial charge in [0.15, 0.2) is 6.29 Å². The van der Waals surface area contributed by atoms with Crippen molar-refractivity contribution in [3.8, 4) is 0 Å². The van der Waals surface area contributed by atoms with Crippen molar-refractivity contribution in [1.29, 1.82) is 0 Å². The van der Waals surface area contributed by atoms with E-state index >= 15 is 0 Å². The molecule has 0 aromatic rings. The molecular weight excluding hydrogens is 727 g/mol. The molecule has 1 heterocycles. The standard InChI is InChI=1S/C42H81NO11S/c1-3-5-7-9-11-13-15-17-18-20-22-24-26-28-30-32-38(46)43-35(36(45)31-29-27-25-23-21-19-16-14-12-10-8-6-4-2)34-52-42-40(48)41(54-55(49,50)51)39(47)37(33-44)53-42/h29,31,35-37,39-42,44-45,47-48H,3-28,30,32-34H2,1-2H3,(H,43,46)(H,49,50,51)/b31-29+/t35-,36+,37+,39-,40?,41?,42+/m0/s1. The fourth-order valence-electron chi connectivity index (χ4n) is 7.10. The normalized spacial score (nSPS) is 21.6. The lowest BCUT2D eigenvalue weighted by Gasteiger charge is -2.41. The highest BCUT2D eigenvalue weighted by molar-refractivity contribution is 7.80. The third-order valence-electron chi connectivity index (χ3n) is 10.6. The van der Waals surface area contributed by atoms with Crippen LogP contribution in [0.5, 0.6) is 0 Å². The molecule has 326 valence electrons. The SMILES string of the molecule is CCCCCCCCCCCCC/C=C/[C@@H](O)[C@H](CO[C@@H]1O[C@H](CO)[C@H](O)C(OS(=O)(=O)O)C1O)NC(=O)CCCCCCCCCCCCCCCCC. The van der Waals surface area contributed by atoms with Gasteiger partial charge < -0.3 is 35.2 Å². The minimum Gasteiger partial charge on any atom is -0.394 e. The van der Waals surface area contributed by atoms with Crippen LogP contribution in [0, 0.1) is 0 Å². The number of carbonyl (C=O) groups excluding carboxylic acids is 1. The van der Waals surface area contributed by atoms with Gasteiger partial charge in [0.2, 0.25) is 5.91 Å². The average Bonchev–Trinajstić information content (AvgIpc) is 3.15. The summed E-state index contributed by atoms with van der Waals surface area (Å²) in [4.78, 5) is 13.0. The Morgan fingerprint density at radius 3 is 1.58 bits per heavy atom. The lowest BCUT2D eigenvalue weighted by molar-refractivity contribution is -0.298. The van der Waals surface area contributed by atoms with E-state index in [1.165, 1.54) is 128 Å². The van der Waals surface area contributed by atoms with Crippen molar-refractivity contribution in [2.45, 2.75) is 236 Å². The summed E-state index contributed by atoms with van der Waals surface area (Å²) >= 11 is 0. The molecule has 6 N–H and O–H groups in total. The minimum absolute atomic E-state index is 0.262. The molecule has 55 heavy (non-hydrogen) atoms. The number of allylic oxidation sites excluding steroid dienone is 1. The zero-order valence-corrected chi connectivity index (χ0v) is 35.3. The van der Waals surface area contributed by atoms with Crippen molar-refractivity contribution < 1.29 is 51.8 Å². The molecule has 0 spiro atoms. The first-order chi connectivity index (χ1) is 26.5. The van der Waals surface area contributed by atoms with Crippen LogP contribution in [0.2, 0.25) is 0 Å². The van der Waals surface area contributed by atoms with Crippen LogP contribution in [0.25, 0.3) is 0 Å². The highest BCUT2D eigenvalue weighted by atomic mass is 32.3. The summed E-state index contributed by atoms with van der Waals surface area (Å²) in [6.07, 6.45) is 26.8. The number of nitrogens with one attached hydrogen (secondary N) is 1. The third kappa shape index (κ3) is 27.2. The summed E-state index contributed by atoms with van der Waals surface area (Å²) in [5.74, 6) is -0.262. The smallest absolute Gasteiger partial charge is 0.394 e. The van der Waals surface area contributed by atoms with Crippen LogP contribution in [-0.2, 0) is 28.9 Å². The minimum atomic E-state index is -5.08. The van der Waals surface area contributed by atoms with Crippen LogP contribution < -0.4 is 5.32 Å². The van der Waals surface area contributed by atoms with Crippen molar-refractivity contribution in [1.82, 2.24) is 5.32 Å². The van der Waals surface area contributed by atoms with Gasteiger partial charge in [-0.05, 0) is 19.3 Å². The lowest BCUT2D eigenvalue weighted by Crippen LogP contribution is -2.61. The largest absolute Gasteiger partial charge is 0.397 e. The second kappa shape index (κ2) is 33.8.